The Morgan fingerprint density at radius 3 is 2.25 bits per heavy atom. The van der Waals surface area contributed by atoms with Gasteiger partial charge in [0.05, 0.1) is 9.82 Å². The molecule has 0 unspecified atom stereocenters. The number of nitro benzene ring substituents is 1. The summed E-state index contributed by atoms with van der Waals surface area (Å²) in [6, 6.07) is 10.6. The van der Waals surface area contributed by atoms with E-state index in [2.05, 4.69) is 5.32 Å². The first kappa shape index (κ1) is 20.7. The number of benzene rings is 2. The Hall–Kier alpha value is -3.57. The van der Waals surface area contributed by atoms with Gasteiger partial charge < -0.3 is 10.1 Å². The van der Waals surface area contributed by atoms with Crippen molar-refractivity contribution in [1.82, 2.24) is 0 Å². The number of carbonyl (C=O) groups is 2. The Labute approximate surface area is 159 Å². The maximum Gasteiger partial charge on any atom is 0.331 e. The van der Waals surface area contributed by atoms with Crippen LogP contribution in [0.3, 0.4) is 0 Å². The van der Waals surface area contributed by atoms with Crippen molar-refractivity contribution in [1.29, 1.82) is 0 Å². The van der Waals surface area contributed by atoms with Gasteiger partial charge in [-0.15, -0.1) is 0 Å². The Morgan fingerprint density at radius 1 is 1.11 bits per heavy atom. The van der Waals surface area contributed by atoms with Crippen molar-refractivity contribution in [3.05, 3.63) is 70.3 Å². The van der Waals surface area contributed by atoms with E-state index in [4.69, 9.17) is 9.88 Å². The van der Waals surface area contributed by atoms with Gasteiger partial charge in [-0.25, -0.2) is 18.4 Å². The van der Waals surface area contributed by atoms with Gasteiger partial charge in [-0.1, -0.05) is 0 Å². The van der Waals surface area contributed by atoms with Crippen LogP contribution in [0.15, 0.2) is 59.5 Å². The smallest absolute Gasteiger partial charge is 0.331 e. The van der Waals surface area contributed by atoms with Crippen LogP contribution in [0.5, 0.6) is 0 Å². The first-order chi connectivity index (χ1) is 13.1. The Bertz CT molecular complexity index is 1010. The second kappa shape index (κ2) is 8.88. The van der Waals surface area contributed by atoms with Crippen molar-refractivity contribution >= 4 is 39.4 Å². The van der Waals surface area contributed by atoms with Crippen LogP contribution in [0.2, 0.25) is 0 Å². The maximum atomic E-state index is 11.8. The second-order valence-corrected chi connectivity index (χ2v) is 6.97. The molecule has 0 radical (unpaired) electrons. The molecule has 0 aromatic heterocycles. The van der Waals surface area contributed by atoms with Gasteiger partial charge in [-0.3, -0.25) is 14.9 Å². The maximum absolute atomic E-state index is 11.8. The summed E-state index contributed by atoms with van der Waals surface area (Å²) in [6.45, 7) is -0.555. The molecule has 10 nitrogen and oxygen atoms in total. The number of nitro groups is 1. The number of carbonyl (C=O) groups excluding carboxylic acids is 2. The molecule has 1 amide bonds. The van der Waals surface area contributed by atoms with E-state index < -0.39 is 33.4 Å². The highest BCUT2D eigenvalue weighted by atomic mass is 32.2. The van der Waals surface area contributed by atoms with Gasteiger partial charge in [0.15, 0.2) is 6.61 Å². The average Bonchev–Trinajstić information content (AvgIpc) is 2.64. The quantitative estimate of drug-likeness (QED) is 0.305. The molecule has 11 heteroatoms. The van der Waals surface area contributed by atoms with Crippen molar-refractivity contribution < 1.29 is 27.7 Å². The van der Waals surface area contributed by atoms with Crippen molar-refractivity contribution in [2.45, 2.75) is 4.90 Å². The normalized spacial score (nSPS) is 11.2. The summed E-state index contributed by atoms with van der Waals surface area (Å²) in [7, 11) is -3.83. The molecule has 28 heavy (non-hydrogen) atoms. The number of nitrogens with zero attached hydrogens (tertiary/aromatic N) is 1. The highest BCUT2D eigenvalue weighted by Gasteiger charge is 2.09. The number of anilines is 1. The number of hydrogen-bond donors (Lipinski definition) is 2. The molecule has 0 saturated carbocycles. The number of primary sulfonamides is 1. The molecular weight excluding hydrogens is 390 g/mol. The van der Waals surface area contributed by atoms with Crippen molar-refractivity contribution in [3.8, 4) is 0 Å². The Balaban J connectivity index is 1.83. The number of nitrogens with one attached hydrogen (secondary N) is 1. The van der Waals surface area contributed by atoms with E-state index in [0.717, 1.165) is 6.08 Å². The molecule has 0 aliphatic rings. The molecule has 3 N–H and O–H groups in total. The monoisotopic (exact) mass is 405 g/mol. The van der Waals surface area contributed by atoms with E-state index in [-0.39, 0.29) is 10.6 Å². The zero-order chi connectivity index (χ0) is 20.7. The van der Waals surface area contributed by atoms with Crippen LogP contribution in [-0.4, -0.2) is 31.8 Å². The highest BCUT2D eigenvalue weighted by Crippen LogP contribution is 2.13. The molecule has 2 aromatic carbocycles. The number of ether oxygens (including phenoxy) is 1. The summed E-state index contributed by atoms with van der Waals surface area (Å²) >= 11 is 0. The molecule has 0 atom stereocenters. The van der Waals surface area contributed by atoms with Crippen molar-refractivity contribution in [2.75, 3.05) is 11.9 Å². The van der Waals surface area contributed by atoms with Crippen LogP contribution >= 0.6 is 0 Å². The average molecular weight is 405 g/mol. The molecule has 0 fully saturated rings. The van der Waals surface area contributed by atoms with E-state index in [9.17, 15) is 28.1 Å². The summed E-state index contributed by atoms with van der Waals surface area (Å²) in [4.78, 5) is 33.3. The summed E-state index contributed by atoms with van der Waals surface area (Å²) < 4.78 is 27.1. The first-order valence-corrected chi connectivity index (χ1v) is 9.22. The highest BCUT2D eigenvalue weighted by molar-refractivity contribution is 7.89. The van der Waals surface area contributed by atoms with Crippen LogP contribution in [0.25, 0.3) is 6.08 Å². The van der Waals surface area contributed by atoms with Gasteiger partial charge in [0.25, 0.3) is 11.6 Å². The van der Waals surface area contributed by atoms with E-state index in [1.54, 1.807) is 0 Å². The third kappa shape index (κ3) is 6.30. The fourth-order valence-corrected chi connectivity index (χ4v) is 2.50. The van der Waals surface area contributed by atoms with Crippen LogP contribution in [-0.2, 0) is 24.3 Å². The van der Waals surface area contributed by atoms with Crippen LogP contribution < -0.4 is 10.5 Å². The number of esters is 1. The number of hydrogen-bond acceptors (Lipinski definition) is 7. The molecule has 0 spiro atoms. The first-order valence-electron chi connectivity index (χ1n) is 7.67. The molecule has 2 rings (SSSR count). The van der Waals surface area contributed by atoms with Gasteiger partial charge in [0.1, 0.15) is 0 Å². The second-order valence-electron chi connectivity index (χ2n) is 5.41. The molecular formula is C17H15N3O7S. The molecule has 2 aromatic rings. The number of rotatable bonds is 7. The third-order valence-electron chi connectivity index (χ3n) is 3.33. The number of amides is 1. The largest absolute Gasteiger partial charge is 0.452 e. The molecule has 0 saturated heterocycles. The number of non-ortho nitro benzene ring substituents is 1. The van der Waals surface area contributed by atoms with Crippen molar-refractivity contribution in [3.63, 3.8) is 0 Å². The Kier molecular flexibility index (Phi) is 6.58. The summed E-state index contributed by atoms with van der Waals surface area (Å²) in [5.41, 5.74) is 0.769. The number of nitrogens with two attached hydrogens (primary N) is 1. The molecule has 146 valence electrons. The summed E-state index contributed by atoms with van der Waals surface area (Å²) in [5.74, 6) is -1.40. The van der Waals surface area contributed by atoms with E-state index in [1.807, 2.05) is 0 Å². The van der Waals surface area contributed by atoms with E-state index in [1.165, 1.54) is 54.6 Å². The van der Waals surface area contributed by atoms with Crippen LogP contribution in [0.4, 0.5) is 11.4 Å². The zero-order valence-electron chi connectivity index (χ0n) is 14.3. The van der Waals surface area contributed by atoms with Gasteiger partial charge in [0, 0.05) is 23.9 Å². The lowest BCUT2D eigenvalue weighted by molar-refractivity contribution is -0.384. The lowest BCUT2D eigenvalue weighted by atomic mass is 10.2. The van der Waals surface area contributed by atoms with Gasteiger partial charge in [-0.05, 0) is 48.0 Å². The minimum absolute atomic E-state index is 0.0755. The lowest BCUT2D eigenvalue weighted by Gasteiger charge is -2.06. The van der Waals surface area contributed by atoms with Gasteiger partial charge >= 0.3 is 5.97 Å². The molecule has 0 bridgehead atoms. The summed E-state index contributed by atoms with van der Waals surface area (Å²) in [5, 5.41) is 18.0. The Morgan fingerprint density at radius 2 is 1.71 bits per heavy atom. The minimum Gasteiger partial charge on any atom is -0.452 e. The predicted octanol–water partition coefficient (Wildman–Crippen LogP) is 1.44. The van der Waals surface area contributed by atoms with Crippen molar-refractivity contribution in [2.24, 2.45) is 5.14 Å². The van der Waals surface area contributed by atoms with Crippen LogP contribution in [0.1, 0.15) is 5.56 Å². The van der Waals surface area contributed by atoms with Gasteiger partial charge in [0.2, 0.25) is 10.0 Å². The lowest BCUT2D eigenvalue weighted by Crippen LogP contribution is -2.20. The predicted molar refractivity (Wildman–Crippen MR) is 99.5 cm³/mol. The topological polar surface area (TPSA) is 159 Å². The third-order valence-corrected chi connectivity index (χ3v) is 4.26. The molecule has 0 heterocycles. The fourth-order valence-electron chi connectivity index (χ4n) is 1.98. The number of sulfonamides is 1. The zero-order valence-corrected chi connectivity index (χ0v) is 15.1. The van der Waals surface area contributed by atoms with Crippen LogP contribution in [0, 0.1) is 10.1 Å². The minimum atomic E-state index is -3.83. The SMILES string of the molecule is NS(=O)(=O)c1ccc(NC(=O)COC(=O)/C=C/c2ccc([N+](=O)[O-])cc2)cc1. The fraction of sp³-hybridized carbons (Fsp3) is 0.0588. The van der Waals surface area contributed by atoms with E-state index in [0.29, 0.717) is 11.3 Å². The molecule has 0 aliphatic carbocycles. The standard InChI is InChI=1S/C17H15N3O7S/c18-28(25,26)15-8-4-13(5-9-15)19-16(21)11-27-17(22)10-3-12-1-6-14(7-2-12)20(23)24/h1-10H,11H2,(H,19,21)(H2,18,25,26)/b10-3+. The van der Waals surface area contributed by atoms with Gasteiger partial charge in [-0.2, -0.15) is 0 Å². The summed E-state index contributed by atoms with van der Waals surface area (Å²) in [6.07, 6.45) is 2.46. The van der Waals surface area contributed by atoms with E-state index >= 15 is 0 Å². The molecule has 0 aliphatic heterocycles.